The SMILES string of the molecule is O=C(O)C(Cc1ccccc1)(C(=O)O)N1CCOCCOCCNCCOCCOCC1. The molecule has 0 saturated carbocycles. The van der Waals surface area contributed by atoms with Crippen molar-refractivity contribution in [1.82, 2.24) is 10.2 Å². The summed E-state index contributed by atoms with van der Waals surface area (Å²) in [4.78, 5) is 26.1. The predicted octanol–water partition coefficient (Wildman–Crippen LogP) is 0.109. The number of carbonyl (C=O) groups is 2. The summed E-state index contributed by atoms with van der Waals surface area (Å²) in [7, 11) is 0. The van der Waals surface area contributed by atoms with Crippen molar-refractivity contribution in [3.63, 3.8) is 0 Å². The summed E-state index contributed by atoms with van der Waals surface area (Å²) in [5.74, 6) is -2.84. The van der Waals surface area contributed by atoms with Crippen molar-refractivity contribution in [1.29, 1.82) is 0 Å². The van der Waals surface area contributed by atoms with E-state index in [1.54, 1.807) is 30.3 Å². The van der Waals surface area contributed by atoms with E-state index in [-0.39, 0.29) is 32.7 Å². The first kappa shape index (κ1) is 26.2. The Morgan fingerprint density at radius 1 is 0.781 bits per heavy atom. The summed E-state index contributed by atoms with van der Waals surface area (Å²) in [6.07, 6.45) is -0.183. The van der Waals surface area contributed by atoms with E-state index in [2.05, 4.69) is 5.32 Å². The molecule has 1 aromatic rings. The number of aliphatic carboxylic acids is 2. The molecule has 3 N–H and O–H groups in total. The first-order chi connectivity index (χ1) is 15.6. The van der Waals surface area contributed by atoms with Gasteiger partial charge in [0.15, 0.2) is 0 Å². The fraction of sp³-hybridized carbons (Fsp3) is 0.636. The monoisotopic (exact) mass is 454 g/mol. The number of benzene rings is 1. The molecule has 10 heteroatoms. The molecule has 10 nitrogen and oxygen atoms in total. The molecule has 0 bridgehead atoms. The van der Waals surface area contributed by atoms with Gasteiger partial charge in [0.05, 0.1) is 52.9 Å². The highest BCUT2D eigenvalue weighted by atomic mass is 16.5. The van der Waals surface area contributed by atoms with Gasteiger partial charge in [0, 0.05) is 32.6 Å². The van der Waals surface area contributed by atoms with Gasteiger partial charge in [0.2, 0.25) is 5.54 Å². The number of hydrogen-bond donors (Lipinski definition) is 3. The molecule has 32 heavy (non-hydrogen) atoms. The molecule has 1 aromatic carbocycles. The summed E-state index contributed by atoms with van der Waals surface area (Å²) in [5, 5.41) is 23.3. The molecule has 1 heterocycles. The molecular weight excluding hydrogens is 420 g/mol. The van der Waals surface area contributed by atoms with E-state index in [0.717, 1.165) is 0 Å². The van der Waals surface area contributed by atoms with Gasteiger partial charge in [0.25, 0.3) is 0 Å². The molecule has 0 spiro atoms. The van der Waals surface area contributed by atoms with Gasteiger partial charge < -0.3 is 34.5 Å². The van der Waals surface area contributed by atoms with Crippen LogP contribution in [0.4, 0.5) is 0 Å². The molecule has 180 valence electrons. The minimum absolute atomic E-state index is 0.118. The lowest BCUT2D eigenvalue weighted by atomic mass is 9.88. The second-order valence-corrected chi connectivity index (χ2v) is 7.32. The van der Waals surface area contributed by atoms with Crippen molar-refractivity contribution in [2.45, 2.75) is 12.0 Å². The van der Waals surface area contributed by atoms with Crippen LogP contribution in [0.25, 0.3) is 0 Å². The van der Waals surface area contributed by atoms with Gasteiger partial charge >= 0.3 is 11.9 Å². The Labute approximate surface area is 188 Å². The van der Waals surface area contributed by atoms with Crippen LogP contribution in [-0.2, 0) is 35.0 Å². The van der Waals surface area contributed by atoms with Crippen LogP contribution in [0.3, 0.4) is 0 Å². The Balaban J connectivity index is 2.12. The Hall–Kier alpha value is -2.08. The molecule has 0 amide bonds. The quantitative estimate of drug-likeness (QED) is 0.528. The fourth-order valence-corrected chi connectivity index (χ4v) is 3.42. The Bertz CT molecular complexity index is 641. The molecule has 1 fully saturated rings. The molecule has 0 aliphatic carbocycles. The van der Waals surface area contributed by atoms with Crippen molar-refractivity contribution in [3.05, 3.63) is 35.9 Å². The third-order valence-corrected chi connectivity index (χ3v) is 5.15. The van der Waals surface area contributed by atoms with Crippen LogP contribution < -0.4 is 5.32 Å². The van der Waals surface area contributed by atoms with E-state index >= 15 is 0 Å². The van der Waals surface area contributed by atoms with Gasteiger partial charge in [-0.05, 0) is 5.56 Å². The van der Waals surface area contributed by atoms with Crippen LogP contribution in [0.1, 0.15) is 5.56 Å². The summed E-state index contributed by atoms with van der Waals surface area (Å²) in [6, 6.07) is 8.75. The first-order valence-electron chi connectivity index (χ1n) is 10.8. The highest BCUT2D eigenvalue weighted by Gasteiger charge is 2.51. The highest BCUT2D eigenvalue weighted by Crippen LogP contribution is 2.23. The van der Waals surface area contributed by atoms with Gasteiger partial charge in [-0.2, -0.15) is 0 Å². The van der Waals surface area contributed by atoms with Crippen LogP contribution in [0, 0.1) is 0 Å². The summed E-state index contributed by atoms with van der Waals surface area (Å²) < 4.78 is 22.1. The Morgan fingerprint density at radius 3 is 1.72 bits per heavy atom. The fourth-order valence-electron chi connectivity index (χ4n) is 3.42. The molecule has 2 rings (SSSR count). The van der Waals surface area contributed by atoms with Gasteiger partial charge in [-0.25, -0.2) is 9.59 Å². The Morgan fingerprint density at radius 2 is 1.25 bits per heavy atom. The lowest BCUT2D eigenvalue weighted by Gasteiger charge is -2.37. The van der Waals surface area contributed by atoms with Gasteiger partial charge in [-0.15, -0.1) is 0 Å². The summed E-state index contributed by atoms with van der Waals surface area (Å²) in [6.45, 7) is 4.51. The standard InChI is InChI=1S/C22H34N2O8/c25-20(26)22(21(27)28,18-19-4-2-1-3-5-19)24-8-12-31-16-14-29-10-6-23-7-11-30-15-17-32-13-9-24/h1-5,23H,6-18H2,(H,25,26)(H,27,28). The highest BCUT2D eigenvalue weighted by molar-refractivity contribution is 6.03. The van der Waals surface area contributed by atoms with Gasteiger partial charge in [-0.1, -0.05) is 30.3 Å². The number of hydrogen-bond acceptors (Lipinski definition) is 8. The largest absolute Gasteiger partial charge is 0.479 e. The second-order valence-electron chi connectivity index (χ2n) is 7.32. The lowest BCUT2D eigenvalue weighted by molar-refractivity contribution is -0.169. The molecule has 0 unspecified atom stereocenters. The molecule has 0 atom stereocenters. The minimum atomic E-state index is -2.15. The van der Waals surface area contributed by atoms with Crippen molar-refractivity contribution >= 4 is 11.9 Å². The van der Waals surface area contributed by atoms with Gasteiger partial charge in [-0.3, -0.25) is 4.90 Å². The first-order valence-corrected chi connectivity index (χ1v) is 10.8. The van der Waals surface area contributed by atoms with Crippen molar-refractivity contribution in [2.24, 2.45) is 0 Å². The minimum Gasteiger partial charge on any atom is -0.479 e. The maximum absolute atomic E-state index is 12.3. The zero-order chi connectivity index (χ0) is 23.1. The van der Waals surface area contributed by atoms with E-state index in [9.17, 15) is 19.8 Å². The van der Waals surface area contributed by atoms with E-state index in [4.69, 9.17) is 18.9 Å². The number of carboxylic acids is 2. The molecule has 1 aliphatic rings. The van der Waals surface area contributed by atoms with Crippen LogP contribution in [-0.4, -0.2) is 112 Å². The maximum atomic E-state index is 12.3. The number of rotatable bonds is 5. The van der Waals surface area contributed by atoms with Crippen LogP contribution in [0.15, 0.2) is 30.3 Å². The zero-order valence-electron chi connectivity index (χ0n) is 18.4. The van der Waals surface area contributed by atoms with Crippen molar-refractivity contribution in [2.75, 3.05) is 79.0 Å². The Kier molecular flexibility index (Phi) is 12.2. The zero-order valence-corrected chi connectivity index (χ0v) is 18.4. The average Bonchev–Trinajstić information content (AvgIpc) is 2.78. The smallest absolute Gasteiger partial charge is 0.336 e. The molecule has 0 radical (unpaired) electrons. The maximum Gasteiger partial charge on any atom is 0.336 e. The van der Waals surface area contributed by atoms with Crippen LogP contribution in [0.2, 0.25) is 0 Å². The number of ether oxygens (including phenoxy) is 4. The normalized spacial score (nSPS) is 19.5. The summed E-state index contributed by atoms with van der Waals surface area (Å²) >= 11 is 0. The van der Waals surface area contributed by atoms with Gasteiger partial charge in [0.1, 0.15) is 0 Å². The molecule has 1 aliphatic heterocycles. The average molecular weight is 455 g/mol. The third kappa shape index (κ3) is 8.45. The van der Waals surface area contributed by atoms with Crippen LogP contribution in [0.5, 0.6) is 0 Å². The molecular formula is C22H34N2O8. The van der Waals surface area contributed by atoms with Crippen molar-refractivity contribution in [3.8, 4) is 0 Å². The predicted molar refractivity (Wildman–Crippen MR) is 116 cm³/mol. The number of nitrogens with zero attached hydrogens (tertiary/aromatic N) is 1. The number of nitrogens with one attached hydrogen (secondary N) is 1. The van der Waals surface area contributed by atoms with Crippen LogP contribution >= 0.6 is 0 Å². The topological polar surface area (TPSA) is 127 Å². The summed E-state index contributed by atoms with van der Waals surface area (Å²) in [5.41, 5.74) is -1.53. The van der Waals surface area contributed by atoms with Crippen molar-refractivity contribution < 1.29 is 38.7 Å². The number of carboxylic acid groups (broad SMARTS) is 2. The van der Waals surface area contributed by atoms with E-state index < -0.39 is 17.5 Å². The second kappa shape index (κ2) is 14.9. The lowest BCUT2D eigenvalue weighted by Crippen LogP contribution is -2.63. The van der Waals surface area contributed by atoms with E-state index in [1.807, 2.05) is 0 Å². The van der Waals surface area contributed by atoms with E-state index in [0.29, 0.717) is 58.3 Å². The molecule has 1 saturated heterocycles. The van der Waals surface area contributed by atoms with E-state index in [1.165, 1.54) is 4.90 Å². The third-order valence-electron chi connectivity index (χ3n) is 5.15. The molecule has 0 aromatic heterocycles.